The van der Waals surface area contributed by atoms with Gasteiger partial charge in [0.2, 0.25) is 5.91 Å². The van der Waals surface area contributed by atoms with Gasteiger partial charge in [-0.1, -0.05) is 13.8 Å². The molecule has 1 amide bonds. The predicted octanol–water partition coefficient (Wildman–Crippen LogP) is 2.33. The van der Waals surface area contributed by atoms with Crippen LogP contribution in [0.2, 0.25) is 0 Å². The zero-order chi connectivity index (χ0) is 12.0. The average molecular weight is 248 g/mol. The Labute approximate surface area is 103 Å². The summed E-state index contributed by atoms with van der Waals surface area (Å²) in [5.74, 6) is 0.474. The number of alkyl halides is 1. The Kier molecular flexibility index (Phi) is 6.14. The van der Waals surface area contributed by atoms with Crippen LogP contribution in [0.5, 0.6) is 0 Å². The van der Waals surface area contributed by atoms with E-state index >= 15 is 0 Å². The van der Waals surface area contributed by atoms with E-state index in [1.54, 1.807) is 0 Å². The predicted molar refractivity (Wildman–Crippen MR) is 65.7 cm³/mol. The molecular formula is C12H22ClNO2. The lowest BCUT2D eigenvalue weighted by Crippen LogP contribution is -2.32. The fourth-order valence-corrected chi connectivity index (χ4v) is 1.78. The first kappa shape index (κ1) is 13.8. The highest BCUT2D eigenvalue weighted by atomic mass is 35.5. The smallest absolute Gasteiger partial charge is 0.220 e. The van der Waals surface area contributed by atoms with E-state index in [1.807, 2.05) is 0 Å². The van der Waals surface area contributed by atoms with Crippen molar-refractivity contribution in [3.63, 3.8) is 0 Å². The van der Waals surface area contributed by atoms with Crippen molar-refractivity contribution in [1.82, 2.24) is 5.32 Å². The molecule has 0 aromatic rings. The second kappa shape index (κ2) is 7.13. The third-order valence-electron chi connectivity index (χ3n) is 2.93. The van der Waals surface area contributed by atoms with E-state index in [2.05, 4.69) is 19.2 Å². The van der Waals surface area contributed by atoms with Crippen LogP contribution in [0.15, 0.2) is 0 Å². The monoisotopic (exact) mass is 247 g/mol. The molecule has 0 spiro atoms. The van der Waals surface area contributed by atoms with Gasteiger partial charge in [0.1, 0.15) is 0 Å². The minimum absolute atomic E-state index is 0.0201. The third-order valence-corrected chi connectivity index (χ3v) is 3.59. The Bertz CT molecular complexity index is 207. The summed E-state index contributed by atoms with van der Waals surface area (Å²) in [5, 5.41) is 2.88. The van der Waals surface area contributed by atoms with Crippen LogP contribution in [0, 0.1) is 5.92 Å². The largest absolute Gasteiger partial charge is 0.378 e. The van der Waals surface area contributed by atoms with Crippen molar-refractivity contribution in [2.75, 3.05) is 13.2 Å². The molecule has 1 aliphatic heterocycles. The highest BCUT2D eigenvalue weighted by Gasteiger charge is 2.17. The number of rotatable bonds is 6. The number of carbonyl (C=O) groups is 1. The fourth-order valence-electron chi connectivity index (χ4n) is 1.70. The van der Waals surface area contributed by atoms with Gasteiger partial charge < -0.3 is 10.1 Å². The maximum absolute atomic E-state index is 11.5. The van der Waals surface area contributed by atoms with E-state index in [4.69, 9.17) is 16.3 Å². The first-order valence-electron chi connectivity index (χ1n) is 6.12. The van der Waals surface area contributed by atoms with Gasteiger partial charge in [0, 0.05) is 19.6 Å². The molecular weight excluding hydrogens is 226 g/mol. The molecule has 1 fully saturated rings. The number of hydrogen-bond donors (Lipinski definition) is 1. The third kappa shape index (κ3) is 5.17. The van der Waals surface area contributed by atoms with E-state index in [9.17, 15) is 4.79 Å². The van der Waals surface area contributed by atoms with Crippen molar-refractivity contribution in [1.29, 1.82) is 0 Å². The van der Waals surface area contributed by atoms with Crippen LogP contribution in [0.1, 0.15) is 39.5 Å². The first-order valence-corrected chi connectivity index (χ1v) is 6.55. The van der Waals surface area contributed by atoms with Gasteiger partial charge >= 0.3 is 0 Å². The van der Waals surface area contributed by atoms with Gasteiger partial charge in [-0.15, -0.1) is 11.6 Å². The molecule has 1 saturated heterocycles. The summed E-state index contributed by atoms with van der Waals surface area (Å²) in [5.41, 5.74) is 0. The Hall–Kier alpha value is -0.280. The van der Waals surface area contributed by atoms with E-state index in [0.29, 0.717) is 25.0 Å². The van der Waals surface area contributed by atoms with Gasteiger partial charge in [-0.25, -0.2) is 0 Å². The molecule has 1 rings (SSSR count). The molecule has 0 aromatic heterocycles. The highest BCUT2D eigenvalue weighted by molar-refractivity contribution is 6.21. The summed E-state index contributed by atoms with van der Waals surface area (Å²) in [4.78, 5) is 11.5. The lowest BCUT2D eigenvalue weighted by atomic mass is 10.1. The lowest BCUT2D eigenvalue weighted by Gasteiger charge is -2.14. The maximum Gasteiger partial charge on any atom is 0.220 e. The first-order chi connectivity index (χ1) is 7.59. The molecule has 4 heteroatoms. The summed E-state index contributed by atoms with van der Waals surface area (Å²) in [6, 6.07) is 0. The average Bonchev–Trinajstić information content (AvgIpc) is 2.75. The Morgan fingerprint density at radius 3 is 2.88 bits per heavy atom. The summed E-state index contributed by atoms with van der Waals surface area (Å²) in [7, 11) is 0. The van der Waals surface area contributed by atoms with Crippen LogP contribution in [-0.2, 0) is 9.53 Å². The maximum atomic E-state index is 11.5. The second-order valence-corrected chi connectivity index (χ2v) is 5.30. The van der Waals surface area contributed by atoms with E-state index in [0.717, 1.165) is 25.9 Å². The van der Waals surface area contributed by atoms with Crippen molar-refractivity contribution in [2.24, 2.45) is 5.92 Å². The number of nitrogens with one attached hydrogen (secondary N) is 1. The van der Waals surface area contributed by atoms with Gasteiger partial charge in [0.15, 0.2) is 0 Å². The topological polar surface area (TPSA) is 38.3 Å². The van der Waals surface area contributed by atoms with Crippen molar-refractivity contribution < 1.29 is 9.53 Å². The fraction of sp³-hybridized carbons (Fsp3) is 0.917. The van der Waals surface area contributed by atoms with Crippen molar-refractivity contribution in [2.45, 2.75) is 51.0 Å². The summed E-state index contributed by atoms with van der Waals surface area (Å²) in [6.45, 7) is 5.51. The summed E-state index contributed by atoms with van der Waals surface area (Å²) >= 11 is 6.05. The molecule has 1 aliphatic rings. The highest BCUT2D eigenvalue weighted by Crippen LogP contribution is 2.16. The molecule has 0 saturated carbocycles. The number of ether oxygens (including phenoxy) is 1. The van der Waals surface area contributed by atoms with Crippen molar-refractivity contribution in [3.8, 4) is 0 Å². The molecule has 0 aromatic carbocycles. The molecule has 0 radical (unpaired) electrons. The molecule has 1 heterocycles. The summed E-state index contributed by atoms with van der Waals surface area (Å²) in [6.07, 6.45) is 3.90. The number of hydrogen-bond acceptors (Lipinski definition) is 2. The Morgan fingerprint density at radius 2 is 2.31 bits per heavy atom. The van der Waals surface area contributed by atoms with Crippen LogP contribution in [0.4, 0.5) is 0 Å². The molecule has 0 bridgehead atoms. The van der Waals surface area contributed by atoms with Gasteiger partial charge in [-0.05, 0) is 25.2 Å². The number of carbonyl (C=O) groups excluding carboxylic acids is 1. The quantitative estimate of drug-likeness (QED) is 0.732. The van der Waals surface area contributed by atoms with E-state index < -0.39 is 0 Å². The van der Waals surface area contributed by atoms with Crippen LogP contribution in [0.3, 0.4) is 0 Å². The van der Waals surface area contributed by atoms with Crippen molar-refractivity contribution >= 4 is 17.5 Å². The van der Waals surface area contributed by atoms with E-state index in [1.165, 1.54) is 0 Å². The number of amides is 1. The molecule has 2 unspecified atom stereocenters. The van der Waals surface area contributed by atoms with Crippen LogP contribution in [-0.4, -0.2) is 30.5 Å². The molecule has 1 N–H and O–H groups in total. The second-order valence-electron chi connectivity index (χ2n) is 4.74. The van der Waals surface area contributed by atoms with Crippen LogP contribution < -0.4 is 5.32 Å². The molecule has 3 nitrogen and oxygen atoms in total. The molecule has 2 atom stereocenters. The zero-order valence-corrected chi connectivity index (χ0v) is 10.9. The minimum atomic E-state index is 0.0201. The molecule has 16 heavy (non-hydrogen) atoms. The van der Waals surface area contributed by atoms with Gasteiger partial charge in [0.05, 0.1) is 11.5 Å². The summed E-state index contributed by atoms with van der Waals surface area (Å²) < 4.78 is 5.46. The van der Waals surface area contributed by atoms with Crippen molar-refractivity contribution in [3.05, 3.63) is 0 Å². The van der Waals surface area contributed by atoms with Crippen LogP contribution in [0.25, 0.3) is 0 Å². The molecule has 0 aliphatic carbocycles. The SMILES string of the molecule is CC(C)C(Cl)CNC(=O)CCC1CCCO1. The standard InChI is InChI=1S/C12H22ClNO2/c1-9(2)11(13)8-14-12(15)6-5-10-4-3-7-16-10/h9-11H,3-8H2,1-2H3,(H,14,15). The molecule has 94 valence electrons. The Balaban J connectivity index is 2.06. The van der Waals surface area contributed by atoms with Gasteiger partial charge in [0.25, 0.3) is 0 Å². The van der Waals surface area contributed by atoms with Crippen LogP contribution >= 0.6 is 11.6 Å². The van der Waals surface area contributed by atoms with E-state index in [-0.39, 0.29) is 11.3 Å². The Morgan fingerprint density at radius 1 is 1.56 bits per heavy atom. The van der Waals surface area contributed by atoms with Gasteiger partial charge in [-0.3, -0.25) is 4.79 Å². The normalized spacial score (nSPS) is 22.4. The zero-order valence-electron chi connectivity index (χ0n) is 10.2. The number of halogens is 1. The lowest BCUT2D eigenvalue weighted by molar-refractivity contribution is -0.121. The minimum Gasteiger partial charge on any atom is -0.378 e. The van der Waals surface area contributed by atoms with Gasteiger partial charge in [-0.2, -0.15) is 0 Å².